The lowest BCUT2D eigenvalue weighted by molar-refractivity contribution is 0.157. The van der Waals surface area contributed by atoms with E-state index in [-0.39, 0.29) is 6.10 Å². The second kappa shape index (κ2) is 10.3. The summed E-state index contributed by atoms with van der Waals surface area (Å²) in [5.74, 6) is 1.08. The summed E-state index contributed by atoms with van der Waals surface area (Å²) in [6.07, 6.45) is 9.76. The Bertz CT molecular complexity index is 163. The zero-order valence-electron chi connectivity index (χ0n) is 12.3. The molecule has 1 nitrogen and oxygen atoms in total. The minimum Gasteiger partial charge on any atom is -0.393 e. The Labute approximate surface area is 113 Å². The minimum absolute atomic E-state index is 0.0731. The Balaban J connectivity index is 3.26. The van der Waals surface area contributed by atoms with E-state index in [9.17, 15) is 5.11 Å². The van der Waals surface area contributed by atoms with E-state index in [1.54, 1.807) is 0 Å². The van der Waals surface area contributed by atoms with Crippen molar-refractivity contribution in [1.82, 2.24) is 0 Å². The smallest absolute Gasteiger partial charge is 0.0548 e. The summed E-state index contributed by atoms with van der Waals surface area (Å²) in [7, 11) is 0. The van der Waals surface area contributed by atoms with Gasteiger partial charge in [-0.05, 0) is 18.6 Å². The summed E-state index contributed by atoms with van der Waals surface area (Å²) in [4.78, 5) is 0. The number of aliphatic hydroxyl groups is 1. The third kappa shape index (κ3) is 14.2. The van der Waals surface area contributed by atoms with Gasteiger partial charge in [-0.3, -0.25) is 0 Å². The highest BCUT2D eigenvalue weighted by Gasteiger charge is 2.11. The minimum atomic E-state index is -0.0731. The quantitative estimate of drug-likeness (QED) is 0.557. The van der Waals surface area contributed by atoms with Gasteiger partial charge >= 0.3 is 0 Å². The van der Waals surface area contributed by atoms with Gasteiger partial charge in [0, 0.05) is 4.75 Å². The number of rotatable bonds is 10. The second-order valence-electron chi connectivity index (χ2n) is 5.96. The predicted octanol–water partition coefficient (Wildman–Crippen LogP) is 5.02. The summed E-state index contributed by atoms with van der Waals surface area (Å²) in [6.45, 7) is 8.95. The molecule has 0 heterocycles. The fourth-order valence-electron chi connectivity index (χ4n) is 1.81. The van der Waals surface area contributed by atoms with Crippen molar-refractivity contribution in [3.63, 3.8) is 0 Å². The molecular weight excluding hydrogens is 228 g/mol. The number of hydrogen-bond acceptors (Lipinski definition) is 2. The van der Waals surface area contributed by atoms with Crippen LogP contribution in [0.1, 0.15) is 79.1 Å². The summed E-state index contributed by atoms with van der Waals surface area (Å²) in [5, 5.41) is 9.84. The summed E-state index contributed by atoms with van der Waals surface area (Å²) in [5.41, 5.74) is 0. The second-order valence-corrected chi connectivity index (χ2v) is 7.88. The van der Waals surface area contributed by atoms with Crippen LogP contribution in [0.2, 0.25) is 0 Å². The molecular formula is C15H32OS. The first-order valence-electron chi connectivity index (χ1n) is 7.27. The highest BCUT2D eigenvalue weighted by Crippen LogP contribution is 2.24. The lowest BCUT2D eigenvalue weighted by Crippen LogP contribution is -2.12. The molecule has 1 unspecified atom stereocenters. The predicted molar refractivity (Wildman–Crippen MR) is 80.8 cm³/mol. The number of unbranched alkanes of at least 4 members (excludes halogenated alkanes) is 5. The van der Waals surface area contributed by atoms with Gasteiger partial charge in [-0.25, -0.2) is 0 Å². The Kier molecular flexibility index (Phi) is 10.4. The van der Waals surface area contributed by atoms with E-state index in [1.165, 1.54) is 38.5 Å². The SMILES string of the molecule is CCCCCCCCC(O)CCSC(C)(C)C. The normalized spacial score (nSPS) is 13.9. The van der Waals surface area contributed by atoms with Crippen LogP contribution in [-0.4, -0.2) is 21.7 Å². The maximum atomic E-state index is 9.84. The van der Waals surface area contributed by atoms with Crippen molar-refractivity contribution in [3.8, 4) is 0 Å². The van der Waals surface area contributed by atoms with E-state index in [1.807, 2.05) is 11.8 Å². The van der Waals surface area contributed by atoms with E-state index in [4.69, 9.17) is 0 Å². The van der Waals surface area contributed by atoms with E-state index < -0.39 is 0 Å². The molecule has 104 valence electrons. The van der Waals surface area contributed by atoms with Gasteiger partial charge in [0.2, 0.25) is 0 Å². The van der Waals surface area contributed by atoms with Crippen LogP contribution < -0.4 is 0 Å². The first-order chi connectivity index (χ1) is 7.95. The molecule has 0 aliphatic rings. The Morgan fingerprint density at radius 2 is 1.53 bits per heavy atom. The van der Waals surface area contributed by atoms with Crippen molar-refractivity contribution in [2.45, 2.75) is 89.9 Å². The highest BCUT2D eigenvalue weighted by atomic mass is 32.2. The molecule has 0 aromatic heterocycles. The number of hydrogen-bond donors (Lipinski definition) is 1. The van der Waals surface area contributed by atoms with E-state index in [0.717, 1.165) is 18.6 Å². The molecule has 0 saturated heterocycles. The van der Waals surface area contributed by atoms with Crippen molar-refractivity contribution >= 4 is 11.8 Å². The van der Waals surface area contributed by atoms with Gasteiger partial charge in [0.15, 0.2) is 0 Å². The monoisotopic (exact) mass is 260 g/mol. The molecule has 0 rings (SSSR count). The van der Waals surface area contributed by atoms with Gasteiger partial charge in [0.1, 0.15) is 0 Å². The highest BCUT2D eigenvalue weighted by molar-refractivity contribution is 8.00. The maximum absolute atomic E-state index is 9.84. The topological polar surface area (TPSA) is 20.2 Å². The molecule has 0 aromatic carbocycles. The van der Waals surface area contributed by atoms with Gasteiger partial charge in [-0.1, -0.05) is 66.2 Å². The molecule has 17 heavy (non-hydrogen) atoms. The fraction of sp³-hybridized carbons (Fsp3) is 1.00. The molecule has 0 aromatic rings. The molecule has 0 aliphatic carbocycles. The van der Waals surface area contributed by atoms with E-state index in [0.29, 0.717) is 4.75 Å². The van der Waals surface area contributed by atoms with Crippen LogP contribution in [0, 0.1) is 0 Å². The van der Waals surface area contributed by atoms with Crippen LogP contribution in [0.3, 0.4) is 0 Å². The Hall–Kier alpha value is 0.310. The largest absolute Gasteiger partial charge is 0.393 e. The van der Waals surface area contributed by atoms with Gasteiger partial charge in [-0.2, -0.15) is 11.8 Å². The fourth-order valence-corrected chi connectivity index (χ4v) is 2.81. The van der Waals surface area contributed by atoms with Gasteiger partial charge in [0.25, 0.3) is 0 Å². The van der Waals surface area contributed by atoms with Crippen LogP contribution in [0.25, 0.3) is 0 Å². The average molecular weight is 260 g/mol. The van der Waals surface area contributed by atoms with Crippen molar-refractivity contribution in [2.75, 3.05) is 5.75 Å². The van der Waals surface area contributed by atoms with Gasteiger partial charge < -0.3 is 5.11 Å². The zero-order chi connectivity index (χ0) is 13.1. The number of thioether (sulfide) groups is 1. The van der Waals surface area contributed by atoms with Crippen molar-refractivity contribution in [2.24, 2.45) is 0 Å². The molecule has 1 atom stereocenters. The third-order valence-electron chi connectivity index (χ3n) is 2.88. The third-order valence-corrected chi connectivity index (χ3v) is 4.18. The Morgan fingerprint density at radius 1 is 0.941 bits per heavy atom. The van der Waals surface area contributed by atoms with Crippen molar-refractivity contribution in [3.05, 3.63) is 0 Å². The number of aliphatic hydroxyl groups excluding tert-OH is 1. The van der Waals surface area contributed by atoms with E-state index in [2.05, 4.69) is 27.7 Å². The van der Waals surface area contributed by atoms with Gasteiger partial charge in [0.05, 0.1) is 6.10 Å². The molecule has 0 spiro atoms. The average Bonchev–Trinajstić information content (AvgIpc) is 2.21. The summed E-state index contributed by atoms with van der Waals surface area (Å²) >= 11 is 1.95. The lowest BCUT2D eigenvalue weighted by Gasteiger charge is -2.18. The van der Waals surface area contributed by atoms with Crippen LogP contribution in [0.5, 0.6) is 0 Å². The molecule has 0 radical (unpaired) electrons. The summed E-state index contributed by atoms with van der Waals surface area (Å²) < 4.78 is 0.333. The standard InChI is InChI=1S/C15H32OS/c1-5-6-7-8-9-10-11-14(16)12-13-17-15(2,3)4/h14,16H,5-13H2,1-4H3. The van der Waals surface area contributed by atoms with Crippen LogP contribution in [-0.2, 0) is 0 Å². The van der Waals surface area contributed by atoms with Crippen LogP contribution in [0.4, 0.5) is 0 Å². The molecule has 0 bridgehead atoms. The lowest BCUT2D eigenvalue weighted by atomic mass is 10.1. The van der Waals surface area contributed by atoms with Crippen molar-refractivity contribution in [1.29, 1.82) is 0 Å². The summed E-state index contributed by atoms with van der Waals surface area (Å²) in [6, 6.07) is 0. The van der Waals surface area contributed by atoms with Gasteiger partial charge in [-0.15, -0.1) is 0 Å². The first kappa shape index (κ1) is 17.3. The van der Waals surface area contributed by atoms with Crippen LogP contribution >= 0.6 is 11.8 Å². The van der Waals surface area contributed by atoms with Crippen molar-refractivity contribution < 1.29 is 5.11 Å². The molecule has 0 fully saturated rings. The van der Waals surface area contributed by atoms with E-state index >= 15 is 0 Å². The molecule has 1 N–H and O–H groups in total. The maximum Gasteiger partial charge on any atom is 0.0548 e. The molecule has 0 amide bonds. The first-order valence-corrected chi connectivity index (χ1v) is 8.26. The Morgan fingerprint density at radius 3 is 2.12 bits per heavy atom. The molecule has 0 saturated carbocycles. The zero-order valence-corrected chi connectivity index (χ0v) is 13.1. The molecule has 2 heteroatoms. The molecule has 0 aliphatic heterocycles. The van der Waals surface area contributed by atoms with Crippen LogP contribution in [0.15, 0.2) is 0 Å².